The predicted molar refractivity (Wildman–Crippen MR) is 60.9 cm³/mol. The summed E-state index contributed by atoms with van der Waals surface area (Å²) >= 11 is 1.17. The Balaban J connectivity index is 3.21. The first-order valence-corrected chi connectivity index (χ1v) is 6.11. The van der Waals surface area contributed by atoms with Crippen LogP contribution in [0.4, 0.5) is 0 Å². The number of hydrogen-bond acceptors (Lipinski definition) is 4. The van der Waals surface area contributed by atoms with Crippen molar-refractivity contribution >= 4 is 33.2 Å². The van der Waals surface area contributed by atoms with Crippen LogP contribution in [0.5, 0.6) is 0 Å². The number of halogens is 1. The zero-order valence-electron chi connectivity index (χ0n) is 7.94. The second-order valence-electron chi connectivity index (χ2n) is 2.94. The summed E-state index contributed by atoms with van der Waals surface area (Å²) in [5.41, 5.74) is 2.16. The summed E-state index contributed by atoms with van der Waals surface area (Å²) in [6, 6.07) is 3.45. The van der Waals surface area contributed by atoms with Crippen molar-refractivity contribution in [2.45, 2.75) is 12.7 Å². The van der Waals surface area contributed by atoms with E-state index in [4.69, 9.17) is 5.21 Å². The number of hydrogen-bond donors (Lipinski definition) is 1. The van der Waals surface area contributed by atoms with Crippen molar-refractivity contribution in [3.63, 3.8) is 0 Å². The van der Waals surface area contributed by atoms with Gasteiger partial charge in [0.25, 0.3) is 0 Å². The zero-order chi connectivity index (χ0) is 11.4. The lowest BCUT2D eigenvalue weighted by Gasteiger charge is -2.11. The van der Waals surface area contributed by atoms with Crippen molar-refractivity contribution in [2.24, 2.45) is 5.16 Å². The molecule has 1 rings (SSSR count). The van der Waals surface area contributed by atoms with Crippen molar-refractivity contribution in [3.05, 3.63) is 33.3 Å². The van der Waals surface area contributed by atoms with E-state index in [0.717, 1.165) is 10.0 Å². The van der Waals surface area contributed by atoms with E-state index in [1.54, 1.807) is 19.1 Å². The average Bonchev–Trinajstić information content (AvgIpc) is 2.16. The molecule has 0 heterocycles. The molecule has 15 heavy (non-hydrogen) atoms. The Kier molecular flexibility index (Phi) is 4.44. The fraction of sp³-hybridized carbons (Fsp3) is 0.222. The standard InChI is InChI=1S/C9H10BrNO3S/c1-6-7(5-15(13)14)2-3-9(10)8(6)4-11-12/h2-4,12H,5H2,1H3,(H,13,14)/p-1. The normalized spacial score (nSPS) is 13.3. The van der Waals surface area contributed by atoms with Crippen LogP contribution in [-0.2, 0) is 16.8 Å². The molecule has 0 radical (unpaired) electrons. The SMILES string of the molecule is Cc1c(CS(=O)[O-])ccc(Br)c1C=NO. The van der Waals surface area contributed by atoms with Gasteiger partial charge in [-0.05, 0) is 24.1 Å². The summed E-state index contributed by atoms with van der Waals surface area (Å²) in [6.07, 6.45) is 1.27. The quantitative estimate of drug-likeness (QED) is 0.400. The molecule has 0 aliphatic rings. The molecule has 0 amide bonds. The van der Waals surface area contributed by atoms with Gasteiger partial charge >= 0.3 is 0 Å². The van der Waals surface area contributed by atoms with Crippen molar-refractivity contribution in [3.8, 4) is 0 Å². The van der Waals surface area contributed by atoms with Gasteiger partial charge in [0.2, 0.25) is 0 Å². The second-order valence-corrected chi connectivity index (χ2v) is 4.69. The Morgan fingerprint density at radius 3 is 2.87 bits per heavy atom. The van der Waals surface area contributed by atoms with Gasteiger partial charge in [-0.2, -0.15) is 0 Å². The molecule has 0 saturated carbocycles. The summed E-state index contributed by atoms with van der Waals surface area (Å²) in [5, 5.41) is 11.4. The van der Waals surface area contributed by atoms with E-state index in [9.17, 15) is 8.76 Å². The molecule has 0 aliphatic carbocycles. The molecule has 0 bridgehead atoms. The molecule has 0 aromatic heterocycles. The first kappa shape index (κ1) is 12.4. The smallest absolute Gasteiger partial charge is 0.0747 e. The molecule has 1 aromatic carbocycles. The topological polar surface area (TPSA) is 72.7 Å². The third-order valence-corrected chi connectivity index (χ3v) is 3.27. The van der Waals surface area contributed by atoms with Crippen LogP contribution in [0.25, 0.3) is 0 Å². The lowest BCUT2D eigenvalue weighted by Crippen LogP contribution is -2.00. The molecule has 0 aliphatic heterocycles. The molecular weight excluding hydrogens is 282 g/mol. The molecule has 1 unspecified atom stereocenters. The van der Waals surface area contributed by atoms with Gasteiger partial charge in [0.05, 0.1) is 6.21 Å². The van der Waals surface area contributed by atoms with Crippen molar-refractivity contribution in [1.82, 2.24) is 0 Å². The van der Waals surface area contributed by atoms with Gasteiger partial charge in [-0.1, -0.05) is 38.2 Å². The third kappa shape index (κ3) is 3.12. The molecule has 0 spiro atoms. The number of nitrogens with zero attached hydrogens (tertiary/aromatic N) is 1. The maximum Gasteiger partial charge on any atom is 0.0747 e. The highest BCUT2D eigenvalue weighted by Gasteiger charge is 2.06. The molecule has 1 N–H and O–H groups in total. The number of oxime groups is 1. The van der Waals surface area contributed by atoms with Gasteiger partial charge in [-0.3, -0.25) is 4.21 Å². The molecule has 1 aromatic rings. The minimum Gasteiger partial charge on any atom is -0.772 e. The predicted octanol–water partition coefficient (Wildman–Crippen LogP) is 1.94. The Bertz CT molecular complexity index is 420. The average molecular weight is 291 g/mol. The maximum absolute atomic E-state index is 10.6. The molecule has 4 nitrogen and oxygen atoms in total. The molecule has 0 saturated heterocycles. The van der Waals surface area contributed by atoms with Crippen LogP contribution in [0.2, 0.25) is 0 Å². The number of benzene rings is 1. The minimum absolute atomic E-state index is 0.0363. The minimum atomic E-state index is -2.12. The summed E-state index contributed by atoms with van der Waals surface area (Å²) in [4.78, 5) is 0. The first-order chi connectivity index (χ1) is 7.06. The van der Waals surface area contributed by atoms with Crippen LogP contribution >= 0.6 is 15.9 Å². The molecule has 82 valence electrons. The van der Waals surface area contributed by atoms with Crippen molar-refractivity contribution in [1.29, 1.82) is 0 Å². The van der Waals surface area contributed by atoms with Gasteiger partial charge in [-0.25, -0.2) is 0 Å². The maximum atomic E-state index is 10.6. The largest absolute Gasteiger partial charge is 0.772 e. The van der Waals surface area contributed by atoms with Crippen LogP contribution in [-0.4, -0.2) is 20.2 Å². The monoisotopic (exact) mass is 290 g/mol. The van der Waals surface area contributed by atoms with Crippen LogP contribution < -0.4 is 0 Å². The van der Waals surface area contributed by atoms with E-state index in [1.807, 2.05) is 0 Å². The fourth-order valence-electron chi connectivity index (χ4n) is 1.24. The van der Waals surface area contributed by atoms with Gasteiger partial charge in [0, 0.05) is 15.8 Å². The Labute approximate surface area is 98.4 Å². The second kappa shape index (κ2) is 5.39. The van der Waals surface area contributed by atoms with Crippen LogP contribution in [0, 0.1) is 6.92 Å². The van der Waals surface area contributed by atoms with Crippen molar-refractivity contribution in [2.75, 3.05) is 0 Å². The lowest BCUT2D eigenvalue weighted by molar-refractivity contribution is 0.322. The van der Waals surface area contributed by atoms with Crippen LogP contribution in [0.3, 0.4) is 0 Å². The van der Waals surface area contributed by atoms with E-state index < -0.39 is 11.1 Å². The van der Waals surface area contributed by atoms with Gasteiger partial charge in [0.15, 0.2) is 0 Å². The van der Waals surface area contributed by atoms with Crippen LogP contribution in [0.15, 0.2) is 21.8 Å². The van der Waals surface area contributed by atoms with E-state index in [0.29, 0.717) is 11.1 Å². The Hall–Kier alpha value is -0.720. The van der Waals surface area contributed by atoms with E-state index in [-0.39, 0.29) is 5.75 Å². The summed E-state index contributed by atoms with van der Waals surface area (Å²) < 4.78 is 21.9. The number of rotatable bonds is 3. The fourth-order valence-corrected chi connectivity index (χ4v) is 2.34. The van der Waals surface area contributed by atoms with Crippen LogP contribution in [0.1, 0.15) is 16.7 Å². The van der Waals surface area contributed by atoms with Crippen molar-refractivity contribution < 1.29 is 14.0 Å². The highest BCUT2D eigenvalue weighted by Crippen LogP contribution is 2.22. The van der Waals surface area contributed by atoms with Gasteiger partial charge < -0.3 is 9.76 Å². The summed E-state index contributed by atoms with van der Waals surface area (Å²) in [7, 11) is 0. The molecule has 1 atom stereocenters. The van der Waals surface area contributed by atoms with Gasteiger partial charge in [-0.15, -0.1) is 0 Å². The Morgan fingerprint density at radius 1 is 1.67 bits per heavy atom. The highest BCUT2D eigenvalue weighted by atomic mass is 79.9. The zero-order valence-corrected chi connectivity index (χ0v) is 10.3. The molecule has 6 heteroatoms. The summed E-state index contributed by atoms with van der Waals surface area (Å²) in [6.45, 7) is 1.78. The van der Waals surface area contributed by atoms with Gasteiger partial charge in [0.1, 0.15) is 0 Å². The Morgan fingerprint density at radius 2 is 2.33 bits per heavy atom. The summed E-state index contributed by atoms with van der Waals surface area (Å²) in [5.74, 6) is -0.0363. The van der Waals surface area contributed by atoms with E-state index in [2.05, 4.69) is 21.1 Å². The molecular formula is C9H9BrNO3S-. The lowest BCUT2D eigenvalue weighted by atomic mass is 10.0. The van der Waals surface area contributed by atoms with E-state index in [1.165, 1.54) is 6.21 Å². The highest BCUT2D eigenvalue weighted by molar-refractivity contribution is 9.10. The van der Waals surface area contributed by atoms with E-state index >= 15 is 0 Å². The third-order valence-electron chi connectivity index (χ3n) is 2.03. The first-order valence-electron chi connectivity index (χ1n) is 4.07. The molecule has 0 fully saturated rings.